The molecular formula is C23H22N4O. The van der Waals surface area contributed by atoms with E-state index in [1.807, 2.05) is 30.3 Å². The first kappa shape index (κ1) is 17.0. The fourth-order valence-electron chi connectivity index (χ4n) is 4.15. The summed E-state index contributed by atoms with van der Waals surface area (Å²) in [4.78, 5) is 22.7. The third-order valence-electron chi connectivity index (χ3n) is 5.57. The number of aromatic amines is 1. The standard InChI is InChI=1S/C23H22N4O/c1-26-13-17(18-9-5-6-10-21(18)26)14-27-12-11-19-20(15-27)24-22(25-23(19)28)16-7-3-2-4-8-16/h2-10,13H,11-12,14-15H2,1H3,(H,24,25,28). The third-order valence-corrected chi connectivity index (χ3v) is 5.57. The first-order valence-electron chi connectivity index (χ1n) is 9.62. The number of rotatable bonds is 3. The summed E-state index contributed by atoms with van der Waals surface area (Å²) in [5.74, 6) is 0.649. The molecule has 4 aromatic rings. The lowest BCUT2D eigenvalue weighted by Crippen LogP contribution is -2.35. The van der Waals surface area contributed by atoms with Gasteiger partial charge in [0.05, 0.1) is 5.69 Å². The maximum atomic E-state index is 12.6. The van der Waals surface area contributed by atoms with Gasteiger partial charge in [-0.25, -0.2) is 4.98 Å². The fraction of sp³-hybridized carbons (Fsp3) is 0.217. The van der Waals surface area contributed by atoms with E-state index in [0.717, 1.165) is 36.3 Å². The van der Waals surface area contributed by atoms with E-state index >= 15 is 0 Å². The second-order valence-corrected chi connectivity index (χ2v) is 7.45. The number of para-hydroxylation sites is 1. The monoisotopic (exact) mass is 370 g/mol. The van der Waals surface area contributed by atoms with Gasteiger partial charge in [-0.3, -0.25) is 9.69 Å². The van der Waals surface area contributed by atoms with Crippen LogP contribution in [-0.4, -0.2) is 26.0 Å². The lowest BCUT2D eigenvalue weighted by Gasteiger charge is -2.27. The number of H-pyrrole nitrogens is 1. The van der Waals surface area contributed by atoms with Gasteiger partial charge in [-0.15, -0.1) is 0 Å². The molecule has 1 aliphatic heterocycles. The van der Waals surface area contributed by atoms with Gasteiger partial charge in [0.15, 0.2) is 0 Å². The zero-order chi connectivity index (χ0) is 19.1. The predicted octanol–water partition coefficient (Wildman–Crippen LogP) is 3.49. The maximum Gasteiger partial charge on any atom is 0.254 e. The summed E-state index contributed by atoms with van der Waals surface area (Å²) < 4.78 is 2.18. The molecular weight excluding hydrogens is 348 g/mol. The van der Waals surface area contributed by atoms with Gasteiger partial charge in [0.1, 0.15) is 5.82 Å². The van der Waals surface area contributed by atoms with Crippen LogP contribution in [0.15, 0.2) is 65.6 Å². The molecule has 0 fully saturated rings. The van der Waals surface area contributed by atoms with E-state index < -0.39 is 0 Å². The first-order chi connectivity index (χ1) is 13.7. The van der Waals surface area contributed by atoms with Gasteiger partial charge in [0.2, 0.25) is 0 Å². The van der Waals surface area contributed by atoms with Crippen molar-refractivity contribution in [1.29, 1.82) is 0 Å². The number of aryl methyl sites for hydroxylation is 1. The molecule has 2 aromatic carbocycles. The average Bonchev–Trinajstić information content (AvgIpc) is 3.04. The number of fused-ring (bicyclic) bond motifs is 2. The maximum absolute atomic E-state index is 12.6. The van der Waals surface area contributed by atoms with Crippen molar-refractivity contribution in [3.05, 3.63) is 88.0 Å². The van der Waals surface area contributed by atoms with Crippen molar-refractivity contribution in [2.75, 3.05) is 6.54 Å². The molecule has 5 rings (SSSR count). The lowest BCUT2D eigenvalue weighted by molar-refractivity contribution is 0.241. The van der Waals surface area contributed by atoms with Gasteiger partial charge in [-0.1, -0.05) is 48.5 Å². The summed E-state index contributed by atoms with van der Waals surface area (Å²) in [5.41, 5.74) is 5.22. The molecule has 0 spiro atoms. The van der Waals surface area contributed by atoms with Crippen LogP contribution in [0.2, 0.25) is 0 Å². The number of nitrogens with zero attached hydrogens (tertiary/aromatic N) is 3. The Labute approximate surface area is 163 Å². The van der Waals surface area contributed by atoms with E-state index in [-0.39, 0.29) is 5.56 Å². The van der Waals surface area contributed by atoms with Crippen molar-refractivity contribution < 1.29 is 0 Å². The van der Waals surface area contributed by atoms with Gasteiger partial charge in [0, 0.05) is 54.9 Å². The van der Waals surface area contributed by atoms with Crippen LogP contribution >= 0.6 is 0 Å². The SMILES string of the molecule is Cn1cc(CN2CCc3c(nc(-c4ccccc4)[nH]c3=O)C2)c2ccccc21. The molecule has 0 aliphatic carbocycles. The summed E-state index contributed by atoms with van der Waals surface area (Å²) >= 11 is 0. The highest BCUT2D eigenvalue weighted by Gasteiger charge is 2.22. The van der Waals surface area contributed by atoms with Gasteiger partial charge in [-0.05, 0) is 18.1 Å². The Bertz CT molecular complexity index is 1210. The minimum Gasteiger partial charge on any atom is -0.350 e. The summed E-state index contributed by atoms with van der Waals surface area (Å²) in [7, 11) is 2.09. The van der Waals surface area contributed by atoms with Gasteiger partial charge >= 0.3 is 0 Å². The molecule has 0 atom stereocenters. The molecule has 140 valence electrons. The smallest absolute Gasteiger partial charge is 0.254 e. The predicted molar refractivity (Wildman–Crippen MR) is 111 cm³/mol. The molecule has 0 radical (unpaired) electrons. The lowest BCUT2D eigenvalue weighted by atomic mass is 10.0. The Kier molecular flexibility index (Phi) is 4.10. The van der Waals surface area contributed by atoms with Gasteiger partial charge in [0.25, 0.3) is 5.56 Å². The summed E-state index contributed by atoms with van der Waals surface area (Å²) in [6.07, 6.45) is 2.94. The molecule has 0 amide bonds. The third kappa shape index (κ3) is 2.94. The zero-order valence-corrected chi connectivity index (χ0v) is 15.9. The van der Waals surface area contributed by atoms with E-state index in [1.165, 1.54) is 16.5 Å². The summed E-state index contributed by atoms with van der Waals surface area (Å²) in [5, 5.41) is 1.29. The van der Waals surface area contributed by atoms with Gasteiger partial charge < -0.3 is 9.55 Å². The van der Waals surface area contributed by atoms with E-state index in [1.54, 1.807) is 0 Å². The van der Waals surface area contributed by atoms with Crippen molar-refractivity contribution in [2.45, 2.75) is 19.5 Å². The number of nitrogens with one attached hydrogen (secondary N) is 1. The molecule has 1 N–H and O–H groups in total. The average molecular weight is 370 g/mol. The van der Waals surface area contributed by atoms with E-state index in [2.05, 4.69) is 52.0 Å². The minimum atomic E-state index is -0.00587. The quantitative estimate of drug-likeness (QED) is 0.601. The Morgan fingerprint density at radius 2 is 1.86 bits per heavy atom. The molecule has 5 heteroatoms. The van der Waals surface area contributed by atoms with Crippen LogP contribution in [0, 0.1) is 0 Å². The molecule has 0 unspecified atom stereocenters. The van der Waals surface area contributed by atoms with Crippen molar-refractivity contribution in [1.82, 2.24) is 19.4 Å². The Hall–Kier alpha value is -3.18. The zero-order valence-electron chi connectivity index (χ0n) is 15.9. The number of hydrogen-bond acceptors (Lipinski definition) is 3. The second kappa shape index (κ2) is 6.77. The Balaban J connectivity index is 1.46. The van der Waals surface area contributed by atoms with Gasteiger partial charge in [-0.2, -0.15) is 0 Å². The molecule has 0 saturated carbocycles. The Morgan fingerprint density at radius 1 is 1.07 bits per heavy atom. The summed E-state index contributed by atoms with van der Waals surface area (Å²) in [6, 6.07) is 18.3. The van der Waals surface area contributed by atoms with Crippen molar-refractivity contribution in [3.63, 3.8) is 0 Å². The van der Waals surface area contributed by atoms with Crippen LogP contribution in [0.3, 0.4) is 0 Å². The van der Waals surface area contributed by atoms with E-state index in [0.29, 0.717) is 12.4 Å². The minimum absolute atomic E-state index is 0.00587. The van der Waals surface area contributed by atoms with Crippen LogP contribution in [0.1, 0.15) is 16.8 Å². The van der Waals surface area contributed by atoms with Crippen molar-refractivity contribution in [3.8, 4) is 11.4 Å². The fourth-order valence-corrected chi connectivity index (χ4v) is 4.15. The number of hydrogen-bond donors (Lipinski definition) is 1. The second-order valence-electron chi connectivity index (χ2n) is 7.45. The van der Waals surface area contributed by atoms with Crippen LogP contribution in [0.5, 0.6) is 0 Å². The van der Waals surface area contributed by atoms with Crippen molar-refractivity contribution in [2.24, 2.45) is 7.05 Å². The van der Waals surface area contributed by atoms with Crippen molar-refractivity contribution >= 4 is 10.9 Å². The molecule has 1 aliphatic rings. The van der Waals surface area contributed by atoms with E-state index in [4.69, 9.17) is 4.98 Å². The highest BCUT2D eigenvalue weighted by atomic mass is 16.1. The van der Waals surface area contributed by atoms with Crippen LogP contribution in [0.4, 0.5) is 0 Å². The molecule has 5 nitrogen and oxygen atoms in total. The van der Waals surface area contributed by atoms with Crippen LogP contribution < -0.4 is 5.56 Å². The summed E-state index contributed by atoms with van der Waals surface area (Å²) in [6.45, 7) is 2.42. The molecule has 0 saturated heterocycles. The molecule has 3 heterocycles. The van der Waals surface area contributed by atoms with Crippen LogP contribution in [0.25, 0.3) is 22.3 Å². The first-order valence-corrected chi connectivity index (χ1v) is 9.62. The highest BCUT2D eigenvalue weighted by molar-refractivity contribution is 5.83. The normalized spacial score (nSPS) is 14.3. The largest absolute Gasteiger partial charge is 0.350 e. The topological polar surface area (TPSA) is 53.9 Å². The Morgan fingerprint density at radius 3 is 2.71 bits per heavy atom. The van der Waals surface area contributed by atoms with E-state index in [9.17, 15) is 4.79 Å². The molecule has 0 bridgehead atoms. The number of benzene rings is 2. The molecule has 28 heavy (non-hydrogen) atoms. The van der Waals surface area contributed by atoms with Crippen LogP contribution in [-0.2, 0) is 26.6 Å². The number of aromatic nitrogens is 3. The molecule has 2 aromatic heterocycles. The highest BCUT2D eigenvalue weighted by Crippen LogP contribution is 2.24.